The molecule has 1 aromatic heterocycles. The SMILES string of the molecule is CCC1CCC=c2nc(-c3cccc4ccccc34)n(C3CC3)c2=CC1Br. The second-order valence-electron chi connectivity index (χ2n) is 7.89. The second kappa shape index (κ2) is 6.94. The Labute approximate surface area is 168 Å². The zero-order valence-corrected chi connectivity index (χ0v) is 17.3. The van der Waals surface area contributed by atoms with Crippen molar-refractivity contribution in [2.45, 2.75) is 49.9 Å². The smallest absolute Gasteiger partial charge is 0.141 e. The second-order valence-corrected chi connectivity index (χ2v) is 8.95. The molecule has 2 nitrogen and oxygen atoms in total. The van der Waals surface area contributed by atoms with Crippen molar-refractivity contribution in [3.8, 4) is 11.4 Å². The van der Waals surface area contributed by atoms with Crippen LogP contribution in [0.2, 0.25) is 0 Å². The van der Waals surface area contributed by atoms with E-state index >= 15 is 0 Å². The van der Waals surface area contributed by atoms with Gasteiger partial charge in [0, 0.05) is 16.4 Å². The molecule has 2 unspecified atom stereocenters. The van der Waals surface area contributed by atoms with Crippen molar-refractivity contribution in [3.05, 3.63) is 53.2 Å². The first-order chi connectivity index (χ1) is 13.3. The minimum atomic E-state index is 0.421. The maximum absolute atomic E-state index is 5.17. The number of halogens is 1. The van der Waals surface area contributed by atoms with Gasteiger partial charge in [0.1, 0.15) is 5.82 Å². The van der Waals surface area contributed by atoms with Crippen molar-refractivity contribution in [1.29, 1.82) is 0 Å². The van der Waals surface area contributed by atoms with E-state index in [0.29, 0.717) is 16.8 Å². The lowest BCUT2D eigenvalue weighted by atomic mass is 9.95. The molecule has 3 heteroatoms. The Kier molecular flexibility index (Phi) is 4.43. The topological polar surface area (TPSA) is 17.8 Å². The summed E-state index contributed by atoms with van der Waals surface area (Å²) in [6.07, 6.45) is 10.9. The fourth-order valence-electron chi connectivity index (χ4n) is 4.40. The molecular formula is C24H25BrN2. The first-order valence-corrected chi connectivity index (χ1v) is 11.1. The molecule has 0 aliphatic heterocycles. The average molecular weight is 421 g/mol. The number of benzene rings is 2. The van der Waals surface area contributed by atoms with Gasteiger partial charge in [-0.05, 0) is 48.4 Å². The third-order valence-electron chi connectivity index (χ3n) is 6.09. The molecule has 0 N–H and O–H groups in total. The van der Waals surface area contributed by atoms with Crippen molar-refractivity contribution in [2.75, 3.05) is 0 Å². The lowest BCUT2D eigenvalue weighted by Crippen LogP contribution is -2.33. The molecule has 2 atom stereocenters. The lowest BCUT2D eigenvalue weighted by Gasteiger charge is -2.19. The van der Waals surface area contributed by atoms with Crippen LogP contribution in [-0.2, 0) is 0 Å². The summed E-state index contributed by atoms with van der Waals surface area (Å²) >= 11 is 3.97. The van der Waals surface area contributed by atoms with E-state index in [-0.39, 0.29) is 0 Å². The molecule has 1 fully saturated rings. The summed E-state index contributed by atoms with van der Waals surface area (Å²) in [6, 6.07) is 15.8. The summed E-state index contributed by atoms with van der Waals surface area (Å²) in [5, 5.41) is 5.07. The van der Waals surface area contributed by atoms with Gasteiger partial charge in [0.05, 0.1) is 10.7 Å². The van der Waals surface area contributed by atoms with E-state index < -0.39 is 0 Å². The lowest BCUT2D eigenvalue weighted by molar-refractivity contribution is 0.506. The highest BCUT2D eigenvalue weighted by Gasteiger charge is 2.29. The number of fused-ring (bicyclic) bond motifs is 2. The van der Waals surface area contributed by atoms with Gasteiger partial charge in [0.25, 0.3) is 0 Å². The summed E-state index contributed by atoms with van der Waals surface area (Å²) in [7, 11) is 0. The minimum Gasteiger partial charge on any atom is -0.321 e. The molecule has 2 aliphatic rings. The van der Waals surface area contributed by atoms with Crippen LogP contribution in [0.4, 0.5) is 0 Å². The zero-order valence-electron chi connectivity index (χ0n) is 15.7. The van der Waals surface area contributed by atoms with E-state index in [1.54, 1.807) is 0 Å². The largest absolute Gasteiger partial charge is 0.321 e. The van der Waals surface area contributed by atoms with E-state index in [2.05, 4.69) is 82.0 Å². The number of hydrogen-bond donors (Lipinski definition) is 0. The van der Waals surface area contributed by atoms with Gasteiger partial charge in [-0.1, -0.05) is 77.8 Å². The van der Waals surface area contributed by atoms with Crippen LogP contribution in [0.1, 0.15) is 45.1 Å². The van der Waals surface area contributed by atoms with Gasteiger partial charge in [-0.3, -0.25) is 0 Å². The number of aromatic nitrogens is 2. The monoisotopic (exact) mass is 420 g/mol. The Balaban J connectivity index is 1.79. The Morgan fingerprint density at radius 3 is 2.70 bits per heavy atom. The van der Waals surface area contributed by atoms with Crippen molar-refractivity contribution < 1.29 is 0 Å². The fraction of sp³-hybridized carbons (Fsp3) is 0.375. The van der Waals surface area contributed by atoms with Crippen LogP contribution in [0.25, 0.3) is 34.3 Å². The number of rotatable bonds is 3. The Bertz CT molecular complexity index is 1100. The van der Waals surface area contributed by atoms with Gasteiger partial charge in [0.15, 0.2) is 0 Å². The summed E-state index contributed by atoms with van der Waals surface area (Å²) in [6.45, 7) is 2.30. The molecular weight excluding hydrogens is 396 g/mol. The van der Waals surface area contributed by atoms with Crippen LogP contribution < -0.4 is 10.7 Å². The van der Waals surface area contributed by atoms with E-state index in [1.807, 2.05) is 0 Å². The van der Waals surface area contributed by atoms with Crippen molar-refractivity contribution >= 4 is 38.9 Å². The molecule has 0 amide bonds. The summed E-state index contributed by atoms with van der Waals surface area (Å²) < 4.78 is 2.53. The number of nitrogens with zero attached hydrogens (tertiary/aromatic N) is 2. The molecule has 0 radical (unpaired) electrons. The molecule has 1 saturated carbocycles. The molecule has 138 valence electrons. The highest BCUT2D eigenvalue weighted by molar-refractivity contribution is 9.09. The van der Waals surface area contributed by atoms with Gasteiger partial charge in [-0.15, -0.1) is 0 Å². The first-order valence-electron chi connectivity index (χ1n) is 10.2. The molecule has 1 heterocycles. The molecule has 0 bridgehead atoms. The third kappa shape index (κ3) is 3.06. The van der Waals surface area contributed by atoms with Gasteiger partial charge in [-0.2, -0.15) is 0 Å². The average Bonchev–Trinajstić information content (AvgIpc) is 3.46. The third-order valence-corrected chi connectivity index (χ3v) is 7.10. The Morgan fingerprint density at radius 1 is 1.07 bits per heavy atom. The summed E-state index contributed by atoms with van der Waals surface area (Å²) in [5.41, 5.74) is 1.26. The molecule has 2 aromatic carbocycles. The van der Waals surface area contributed by atoms with Crippen LogP contribution >= 0.6 is 15.9 Å². The maximum Gasteiger partial charge on any atom is 0.141 e. The van der Waals surface area contributed by atoms with Crippen molar-refractivity contribution in [3.63, 3.8) is 0 Å². The predicted molar refractivity (Wildman–Crippen MR) is 117 cm³/mol. The fourth-order valence-corrected chi connectivity index (χ4v) is 5.29. The van der Waals surface area contributed by atoms with E-state index in [4.69, 9.17) is 4.98 Å². The summed E-state index contributed by atoms with van der Waals surface area (Å²) in [4.78, 5) is 5.60. The molecule has 2 aliphatic carbocycles. The van der Waals surface area contributed by atoms with Crippen molar-refractivity contribution in [1.82, 2.24) is 9.55 Å². The van der Waals surface area contributed by atoms with Crippen LogP contribution in [0, 0.1) is 5.92 Å². The Hall–Kier alpha value is -1.87. The molecule has 0 saturated heterocycles. The highest BCUT2D eigenvalue weighted by Crippen LogP contribution is 2.38. The zero-order chi connectivity index (χ0) is 18.4. The van der Waals surface area contributed by atoms with E-state index in [1.165, 1.54) is 52.7 Å². The van der Waals surface area contributed by atoms with Gasteiger partial charge < -0.3 is 4.57 Å². The first kappa shape index (κ1) is 17.2. The summed E-state index contributed by atoms with van der Waals surface area (Å²) in [5.74, 6) is 1.83. The van der Waals surface area contributed by atoms with Crippen LogP contribution in [0.3, 0.4) is 0 Å². The van der Waals surface area contributed by atoms with E-state index in [9.17, 15) is 0 Å². The van der Waals surface area contributed by atoms with Gasteiger partial charge in [-0.25, -0.2) is 4.98 Å². The van der Waals surface area contributed by atoms with Crippen molar-refractivity contribution in [2.24, 2.45) is 5.92 Å². The number of hydrogen-bond acceptors (Lipinski definition) is 1. The molecule has 3 aromatic rings. The van der Waals surface area contributed by atoms with E-state index in [0.717, 1.165) is 12.2 Å². The Morgan fingerprint density at radius 2 is 1.89 bits per heavy atom. The molecule has 5 rings (SSSR count). The van der Waals surface area contributed by atoms with Crippen LogP contribution in [-0.4, -0.2) is 14.4 Å². The maximum atomic E-state index is 5.17. The van der Waals surface area contributed by atoms with Gasteiger partial charge in [0.2, 0.25) is 0 Å². The highest BCUT2D eigenvalue weighted by atomic mass is 79.9. The van der Waals surface area contributed by atoms with Crippen LogP contribution in [0.15, 0.2) is 42.5 Å². The van der Waals surface area contributed by atoms with Gasteiger partial charge >= 0.3 is 0 Å². The predicted octanol–water partition coefficient (Wildman–Crippen LogP) is 5.18. The standard InChI is InChI=1S/C24H25BrN2/c1-2-16-8-6-12-22-23(15-21(16)25)27(18-13-14-18)24(26-22)20-11-5-9-17-7-3-4-10-19(17)20/h3-5,7,9-12,15-16,18,21H,2,6,8,13-14H2,1H3. The quantitative estimate of drug-likeness (QED) is 0.533. The minimum absolute atomic E-state index is 0.421. The number of alkyl halides is 1. The van der Waals surface area contributed by atoms with Crippen LogP contribution in [0.5, 0.6) is 0 Å². The molecule has 0 spiro atoms. The number of imidazole rings is 1. The normalized spacial score (nSPS) is 22.4. The molecule has 27 heavy (non-hydrogen) atoms.